The molecule has 0 heterocycles. The maximum atomic E-state index is 10.5. The maximum Gasteiger partial charge on any atom is 0.127 e. The number of phenols is 2. The molecule has 2 heteroatoms. The smallest absolute Gasteiger partial charge is 0.127 e. The lowest BCUT2D eigenvalue weighted by molar-refractivity contribution is 0.404. The van der Waals surface area contributed by atoms with Gasteiger partial charge in [0.2, 0.25) is 0 Å². The summed E-state index contributed by atoms with van der Waals surface area (Å²) in [4.78, 5) is 0. The first-order valence-electron chi connectivity index (χ1n) is 8.16. The summed E-state index contributed by atoms with van der Waals surface area (Å²) < 4.78 is 0. The molecular weight excluding hydrogens is 284 g/mol. The second-order valence-corrected chi connectivity index (χ2v) is 8.53. The van der Waals surface area contributed by atoms with Gasteiger partial charge in [-0.2, -0.15) is 0 Å². The fourth-order valence-electron chi connectivity index (χ4n) is 3.13. The van der Waals surface area contributed by atoms with Gasteiger partial charge in [0.05, 0.1) is 0 Å². The van der Waals surface area contributed by atoms with Gasteiger partial charge in [0.15, 0.2) is 0 Å². The van der Waals surface area contributed by atoms with Crippen LogP contribution < -0.4 is 10.4 Å². The van der Waals surface area contributed by atoms with E-state index in [9.17, 15) is 10.2 Å². The van der Waals surface area contributed by atoms with Crippen molar-refractivity contribution in [1.82, 2.24) is 0 Å². The van der Waals surface area contributed by atoms with Gasteiger partial charge in [-0.3, -0.25) is 0 Å². The minimum Gasteiger partial charge on any atom is -0.507 e. The highest BCUT2D eigenvalue weighted by molar-refractivity contribution is 5.52. The lowest BCUT2D eigenvalue weighted by Crippen LogP contribution is -2.29. The van der Waals surface area contributed by atoms with Crippen LogP contribution in [0.5, 0.6) is 11.5 Å². The molecule has 0 fully saturated rings. The Morgan fingerprint density at radius 1 is 1.00 bits per heavy atom. The summed E-state index contributed by atoms with van der Waals surface area (Å²) >= 11 is 0. The Labute approximate surface area is 140 Å². The second-order valence-electron chi connectivity index (χ2n) is 8.53. The number of rotatable bonds is 4. The molecule has 128 valence electrons. The molecule has 0 amide bonds. The topological polar surface area (TPSA) is 40.5 Å². The van der Waals surface area contributed by atoms with E-state index in [1.54, 1.807) is 6.92 Å². The van der Waals surface area contributed by atoms with Crippen molar-refractivity contribution in [3.63, 3.8) is 0 Å². The van der Waals surface area contributed by atoms with Gasteiger partial charge in [-0.25, -0.2) is 0 Å². The van der Waals surface area contributed by atoms with Gasteiger partial charge < -0.3 is 10.2 Å². The van der Waals surface area contributed by atoms with Crippen LogP contribution in [0, 0.1) is 12.3 Å². The van der Waals surface area contributed by atoms with Crippen LogP contribution in [0.2, 0.25) is 0 Å². The van der Waals surface area contributed by atoms with E-state index in [0.29, 0.717) is 21.6 Å². The van der Waals surface area contributed by atoms with E-state index in [-0.39, 0.29) is 22.3 Å². The number of phenolic OH excluding ortho intramolecular Hbond substituents is 2. The first-order valence-corrected chi connectivity index (χ1v) is 8.16. The maximum absolute atomic E-state index is 10.5. The van der Waals surface area contributed by atoms with Crippen molar-refractivity contribution >= 4 is 13.2 Å². The van der Waals surface area contributed by atoms with E-state index in [1.165, 1.54) is 5.57 Å². The molecule has 1 aromatic carbocycles. The van der Waals surface area contributed by atoms with Crippen LogP contribution in [-0.4, -0.2) is 10.2 Å². The molecule has 2 nitrogen and oxygen atoms in total. The molecule has 0 saturated carbocycles. The summed E-state index contributed by atoms with van der Waals surface area (Å²) in [6.07, 6.45) is 4.03. The van der Waals surface area contributed by atoms with E-state index in [1.807, 2.05) is 0 Å². The zero-order valence-electron chi connectivity index (χ0n) is 15.8. The predicted molar refractivity (Wildman–Crippen MR) is 100 cm³/mol. The first kappa shape index (κ1) is 19.3. The van der Waals surface area contributed by atoms with Crippen molar-refractivity contribution in [3.8, 4) is 11.5 Å². The second kappa shape index (κ2) is 6.43. The van der Waals surface area contributed by atoms with Gasteiger partial charge in [0, 0.05) is 21.6 Å². The van der Waals surface area contributed by atoms with Crippen LogP contribution in [0.4, 0.5) is 0 Å². The van der Waals surface area contributed by atoms with Gasteiger partial charge in [0.25, 0.3) is 0 Å². The Morgan fingerprint density at radius 3 is 2.00 bits per heavy atom. The third-order valence-corrected chi connectivity index (χ3v) is 4.36. The Hall–Kier alpha value is -1.70. The van der Waals surface area contributed by atoms with Crippen molar-refractivity contribution in [2.24, 2.45) is 5.41 Å². The monoisotopic (exact) mass is 316 g/mol. The summed E-state index contributed by atoms with van der Waals surface area (Å²) in [5.41, 5.74) is 2.53. The fourth-order valence-corrected chi connectivity index (χ4v) is 3.13. The highest BCUT2D eigenvalue weighted by Gasteiger charge is 2.26. The Balaban J connectivity index is 3.28. The van der Waals surface area contributed by atoms with Crippen molar-refractivity contribution in [2.45, 2.75) is 66.7 Å². The molecule has 0 aromatic heterocycles. The van der Waals surface area contributed by atoms with E-state index in [2.05, 4.69) is 60.8 Å². The zero-order valence-corrected chi connectivity index (χ0v) is 15.8. The normalized spacial score (nSPS) is 13.4. The Morgan fingerprint density at radius 2 is 1.52 bits per heavy atom. The third kappa shape index (κ3) is 4.40. The fraction of sp³-hybridized carbons (Fsp3) is 0.524. The standard InChI is InChI=1S/C21H32O2/c1-13(12-20(5,6)7)10-11-21(8,9)17-16(4)18(22)14(2)15(3)19(17)23/h10,22-23H,3-4,11-12H2,1-2,5-9H3. The third-order valence-electron chi connectivity index (χ3n) is 4.36. The molecule has 0 bridgehead atoms. The molecule has 23 heavy (non-hydrogen) atoms. The molecule has 0 radical (unpaired) electrons. The van der Waals surface area contributed by atoms with Crippen molar-refractivity contribution in [2.75, 3.05) is 0 Å². The molecule has 2 N–H and O–H groups in total. The largest absolute Gasteiger partial charge is 0.507 e. The first-order chi connectivity index (χ1) is 10.3. The van der Waals surface area contributed by atoms with E-state index in [4.69, 9.17) is 0 Å². The van der Waals surface area contributed by atoms with Gasteiger partial charge in [-0.15, -0.1) is 0 Å². The summed E-state index contributed by atoms with van der Waals surface area (Å²) in [5.74, 6) is 0.281. The molecule has 0 spiro atoms. The number of hydrogen-bond acceptors (Lipinski definition) is 2. The van der Waals surface area contributed by atoms with Crippen LogP contribution in [0.15, 0.2) is 11.6 Å². The van der Waals surface area contributed by atoms with Crippen molar-refractivity contribution in [1.29, 1.82) is 0 Å². The summed E-state index contributed by atoms with van der Waals surface area (Å²) in [7, 11) is 0. The Kier molecular flexibility index (Phi) is 5.41. The van der Waals surface area contributed by atoms with Gasteiger partial charge >= 0.3 is 0 Å². The lowest BCUT2D eigenvalue weighted by atomic mass is 9.78. The average molecular weight is 316 g/mol. The number of allylic oxidation sites excluding steroid dienone is 2. The molecule has 0 aliphatic carbocycles. The van der Waals surface area contributed by atoms with Gasteiger partial charge in [0.1, 0.15) is 11.5 Å². The zero-order chi connectivity index (χ0) is 18.2. The molecule has 0 unspecified atom stereocenters. The summed E-state index contributed by atoms with van der Waals surface area (Å²) in [5, 5.41) is 21.8. The van der Waals surface area contributed by atoms with Crippen molar-refractivity contribution < 1.29 is 10.2 Å². The molecule has 0 aliphatic heterocycles. The highest BCUT2D eigenvalue weighted by atomic mass is 16.3. The summed E-state index contributed by atoms with van der Waals surface area (Å²) in [6.45, 7) is 22.6. The number of aromatic hydroxyl groups is 2. The Bertz CT molecular complexity index is 716. The van der Waals surface area contributed by atoms with Crippen LogP contribution in [0.25, 0.3) is 13.2 Å². The quantitative estimate of drug-likeness (QED) is 0.643. The molecular formula is C21H32O2. The van der Waals surface area contributed by atoms with Crippen molar-refractivity contribution in [3.05, 3.63) is 33.2 Å². The number of hydrogen-bond donors (Lipinski definition) is 2. The minimum atomic E-state index is -0.335. The molecule has 0 atom stereocenters. The van der Waals surface area contributed by atoms with Crippen LogP contribution in [0.3, 0.4) is 0 Å². The average Bonchev–Trinajstić information content (AvgIpc) is 2.39. The highest BCUT2D eigenvalue weighted by Crippen LogP contribution is 2.33. The van der Waals surface area contributed by atoms with Gasteiger partial charge in [-0.05, 0) is 37.5 Å². The minimum absolute atomic E-state index is 0.131. The predicted octanol–water partition coefficient (Wildman–Crippen LogP) is 4.28. The molecule has 0 aliphatic rings. The van der Waals surface area contributed by atoms with Gasteiger partial charge in [-0.1, -0.05) is 59.4 Å². The molecule has 0 saturated heterocycles. The van der Waals surface area contributed by atoms with Crippen LogP contribution in [0.1, 0.15) is 65.5 Å². The van der Waals surface area contributed by atoms with Crippen LogP contribution in [-0.2, 0) is 5.41 Å². The SMILES string of the molecule is C=c1c(C)c(O)c(=C)c(C(C)(C)CC=C(C)CC(C)(C)C)c1O. The summed E-state index contributed by atoms with van der Waals surface area (Å²) in [6, 6.07) is 0. The molecule has 1 aromatic rings. The van der Waals surface area contributed by atoms with E-state index < -0.39 is 0 Å². The van der Waals surface area contributed by atoms with E-state index in [0.717, 1.165) is 12.8 Å². The van der Waals surface area contributed by atoms with Crippen LogP contribution >= 0.6 is 0 Å². The molecule has 1 rings (SSSR count). The van der Waals surface area contributed by atoms with E-state index >= 15 is 0 Å². The lowest BCUT2D eigenvalue weighted by Gasteiger charge is -2.27. The number of benzene rings is 1.